The number of carbonyl (C=O) groups is 1. The van der Waals surface area contributed by atoms with Crippen LogP contribution in [-0.2, 0) is 4.79 Å². The first kappa shape index (κ1) is 12.4. The largest absolute Gasteiger partial charge is 0.348 e. The van der Waals surface area contributed by atoms with Gasteiger partial charge in [-0.2, -0.15) is 0 Å². The molecule has 0 aromatic rings. The van der Waals surface area contributed by atoms with Gasteiger partial charge in [0, 0.05) is 0 Å². The molecule has 3 nitrogen and oxygen atoms in total. The van der Waals surface area contributed by atoms with Crippen molar-refractivity contribution in [3.8, 4) is 0 Å². The summed E-state index contributed by atoms with van der Waals surface area (Å²) in [5.74, 6) is 0.0167. The quantitative estimate of drug-likeness (QED) is 0.540. The van der Waals surface area contributed by atoms with Crippen LogP contribution in [0, 0.1) is 0 Å². The van der Waals surface area contributed by atoms with Gasteiger partial charge in [-0.3, -0.25) is 4.79 Å². The maximum atomic E-state index is 11.6. The van der Waals surface area contributed by atoms with Crippen molar-refractivity contribution in [1.82, 2.24) is 10.6 Å². The van der Waals surface area contributed by atoms with E-state index in [1.807, 2.05) is 6.92 Å². The Bertz CT molecular complexity index is 255. The van der Waals surface area contributed by atoms with Gasteiger partial charge in [0.25, 0.3) is 5.91 Å². The molecule has 15 heavy (non-hydrogen) atoms. The molecule has 0 bridgehead atoms. The van der Waals surface area contributed by atoms with E-state index < -0.39 is 5.54 Å². The Morgan fingerprint density at radius 2 is 1.93 bits per heavy atom. The Morgan fingerprint density at radius 1 is 1.27 bits per heavy atom. The second-order valence-corrected chi connectivity index (χ2v) is 4.81. The van der Waals surface area contributed by atoms with Crippen LogP contribution in [0.1, 0.15) is 52.4 Å². The zero-order valence-corrected chi connectivity index (χ0v) is 10.4. The summed E-state index contributed by atoms with van der Waals surface area (Å²) in [5.41, 5.74) is -0.469. The van der Waals surface area contributed by atoms with E-state index in [0.717, 1.165) is 12.8 Å². The molecular weight excluding hydrogens is 208 g/mol. The summed E-state index contributed by atoms with van der Waals surface area (Å²) in [6.07, 6.45) is 6.95. The number of unbranched alkanes of at least 4 members (excludes halogenated alkanes) is 4. The van der Waals surface area contributed by atoms with Crippen molar-refractivity contribution in [2.45, 2.75) is 57.9 Å². The average Bonchev–Trinajstić information content (AvgIpc) is 2.41. The predicted molar refractivity (Wildman–Crippen MR) is 65.7 cm³/mol. The average molecular weight is 228 g/mol. The molecule has 1 atom stereocenters. The molecule has 0 aromatic carbocycles. The number of hydrogen-bond donors (Lipinski definition) is 2. The number of carbonyl (C=O) groups excluding carboxylic acids is 1. The van der Waals surface area contributed by atoms with Crippen LogP contribution in [-0.4, -0.2) is 16.6 Å². The van der Waals surface area contributed by atoms with Crippen LogP contribution in [0.4, 0.5) is 0 Å². The highest BCUT2D eigenvalue weighted by molar-refractivity contribution is 7.80. The lowest BCUT2D eigenvalue weighted by atomic mass is 9.94. The van der Waals surface area contributed by atoms with Gasteiger partial charge in [0.1, 0.15) is 5.54 Å². The van der Waals surface area contributed by atoms with Gasteiger partial charge >= 0.3 is 0 Å². The Labute approximate surface area is 97.0 Å². The molecule has 0 aromatic heterocycles. The highest BCUT2D eigenvalue weighted by Crippen LogP contribution is 2.19. The minimum Gasteiger partial charge on any atom is -0.348 e. The number of thiocarbonyl (C=S) groups is 1. The van der Waals surface area contributed by atoms with Crippen molar-refractivity contribution in [3.63, 3.8) is 0 Å². The van der Waals surface area contributed by atoms with Gasteiger partial charge in [-0.25, -0.2) is 0 Å². The van der Waals surface area contributed by atoms with Gasteiger partial charge in [0.2, 0.25) is 0 Å². The number of rotatable bonds is 6. The first-order chi connectivity index (χ1) is 7.08. The molecule has 4 heteroatoms. The summed E-state index contributed by atoms with van der Waals surface area (Å²) in [7, 11) is 0. The highest BCUT2D eigenvalue weighted by Gasteiger charge is 2.39. The third-order valence-electron chi connectivity index (χ3n) is 2.90. The molecular formula is C11H20N2OS. The second-order valence-electron chi connectivity index (χ2n) is 4.40. The van der Waals surface area contributed by atoms with Crippen molar-refractivity contribution in [3.05, 3.63) is 0 Å². The van der Waals surface area contributed by atoms with Crippen LogP contribution in [0.2, 0.25) is 0 Å². The molecule has 2 N–H and O–H groups in total. The van der Waals surface area contributed by atoms with Gasteiger partial charge in [-0.05, 0) is 25.6 Å². The first-order valence-corrected chi connectivity index (χ1v) is 6.13. The molecule has 1 aliphatic heterocycles. The van der Waals surface area contributed by atoms with Crippen LogP contribution in [0.25, 0.3) is 0 Å². The summed E-state index contributed by atoms with van der Waals surface area (Å²) in [6.45, 7) is 4.12. The van der Waals surface area contributed by atoms with Crippen molar-refractivity contribution in [2.24, 2.45) is 0 Å². The van der Waals surface area contributed by atoms with E-state index in [9.17, 15) is 4.79 Å². The lowest BCUT2D eigenvalue weighted by Gasteiger charge is -2.20. The summed E-state index contributed by atoms with van der Waals surface area (Å²) in [6, 6.07) is 0. The first-order valence-electron chi connectivity index (χ1n) is 5.72. The lowest BCUT2D eigenvalue weighted by molar-refractivity contribution is -0.123. The van der Waals surface area contributed by atoms with Crippen molar-refractivity contribution in [2.75, 3.05) is 0 Å². The standard InChI is InChI=1S/C11H20N2OS/c1-3-4-5-6-7-8-11(2)9(14)12-10(15)13-11/h3-8H2,1-2H3,(H2,12,13,14,15). The number of amides is 1. The second kappa shape index (κ2) is 5.45. The van der Waals surface area contributed by atoms with E-state index in [1.54, 1.807) is 0 Å². The Hall–Kier alpha value is -0.640. The van der Waals surface area contributed by atoms with Crippen LogP contribution in [0.3, 0.4) is 0 Å². The van der Waals surface area contributed by atoms with Gasteiger partial charge in [-0.15, -0.1) is 0 Å². The van der Waals surface area contributed by atoms with E-state index in [2.05, 4.69) is 17.6 Å². The predicted octanol–water partition coefficient (Wildman–Crippen LogP) is 2.11. The molecule has 0 aliphatic carbocycles. The molecule has 0 spiro atoms. The number of hydrogen-bond acceptors (Lipinski definition) is 2. The molecule has 86 valence electrons. The Balaban J connectivity index is 2.25. The zero-order chi connectivity index (χ0) is 11.3. The van der Waals surface area contributed by atoms with Gasteiger partial charge in [-0.1, -0.05) is 39.0 Å². The normalized spacial score (nSPS) is 25.2. The Kier molecular flexibility index (Phi) is 4.51. The summed E-state index contributed by atoms with van der Waals surface area (Å²) < 4.78 is 0. The molecule has 1 amide bonds. The van der Waals surface area contributed by atoms with Crippen LogP contribution in [0.5, 0.6) is 0 Å². The van der Waals surface area contributed by atoms with E-state index in [4.69, 9.17) is 12.2 Å². The van der Waals surface area contributed by atoms with Crippen LogP contribution >= 0.6 is 12.2 Å². The smallest absolute Gasteiger partial charge is 0.251 e. The molecule has 1 saturated heterocycles. The molecule has 1 unspecified atom stereocenters. The summed E-state index contributed by atoms with van der Waals surface area (Å²) in [4.78, 5) is 11.6. The monoisotopic (exact) mass is 228 g/mol. The third-order valence-corrected chi connectivity index (χ3v) is 3.10. The maximum Gasteiger partial charge on any atom is 0.251 e. The Morgan fingerprint density at radius 3 is 2.47 bits per heavy atom. The molecule has 1 fully saturated rings. The SMILES string of the molecule is CCCCCCCC1(C)NC(=S)NC1=O. The van der Waals surface area contributed by atoms with Crippen LogP contribution in [0.15, 0.2) is 0 Å². The van der Waals surface area contributed by atoms with E-state index in [1.165, 1.54) is 25.7 Å². The topological polar surface area (TPSA) is 41.1 Å². The minimum atomic E-state index is -0.469. The van der Waals surface area contributed by atoms with Gasteiger partial charge < -0.3 is 10.6 Å². The van der Waals surface area contributed by atoms with Gasteiger partial charge in [0.05, 0.1) is 0 Å². The molecule has 1 heterocycles. The minimum absolute atomic E-state index is 0.0167. The fourth-order valence-corrected chi connectivity index (χ4v) is 2.16. The zero-order valence-electron chi connectivity index (χ0n) is 9.56. The fourth-order valence-electron chi connectivity index (χ4n) is 1.84. The highest BCUT2D eigenvalue weighted by atomic mass is 32.1. The van der Waals surface area contributed by atoms with Crippen molar-refractivity contribution < 1.29 is 4.79 Å². The maximum absolute atomic E-state index is 11.6. The molecule has 1 rings (SSSR count). The van der Waals surface area contributed by atoms with Gasteiger partial charge in [0.15, 0.2) is 5.11 Å². The fraction of sp³-hybridized carbons (Fsp3) is 0.818. The van der Waals surface area contributed by atoms with Crippen LogP contribution < -0.4 is 10.6 Å². The summed E-state index contributed by atoms with van der Waals surface area (Å²) in [5, 5.41) is 6.15. The van der Waals surface area contributed by atoms with Crippen molar-refractivity contribution in [1.29, 1.82) is 0 Å². The van der Waals surface area contributed by atoms with E-state index in [0.29, 0.717) is 5.11 Å². The third kappa shape index (κ3) is 3.45. The molecule has 0 radical (unpaired) electrons. The lowest BCUT2D eigenvalue weighted by Crippen LogP contribution is -2.43. The van der Waals surface area contributed by atoms with E-state index >= 15 is 0 Å². The summed E-state index contributed by atoms with van der Waals surface area (Å²) >= 11 is 4.92. The van der Waals surface area contributed by atoms with Crippen molar-refractivity contribution >= 4 is 23.2 Å². The molecule has 0 saturated carbocycles. The van der Waals surface area contributed by atoms with E-state index in [-0.39, 0.29) is 5.91 Å². The molecule has 1 aliphatic rings. The number of nitrogens with one attached hydrogen (secondary N) is 2.